The lowest BCUT2D eigenvalue weighted by atomic mass is 9.85. The normalized spacial score (nSPS) is 23.3. The zero-order valence-electron chi connectivity index (χ0n) is 14.3. The highest BCUT2D eigenvalue weighted by atomic mass is 15.2. The third-order valence-electron chi connectivity index (χ3n) is 5.46. The Morgan fingerprint density at radius 2 is 1.96 bits per heavy atom. The summed E-state index contributed by atoms with van der Waals surface area (Å²) in [6, 6.07) is 5.30. The van der Waals surface area contributed by atoms with Crippen molar-refractivity contribution in [2.75, 3.05) is 11.4 Å². The van der Waals surface area contributed by atoms with E-state index in [-0.39, 0.29) is 0 Å². The van der Waals surface area contributed by atoms with Crippen LogP contribution in [0.2, 0.25) is 0 Å². The monoisotopic (exact) mass is 307 g/mol. The Bertz CT molecular complexity index is 738. The molecule has 2 aromatic heterocycles. The molecule has 2 aliphatic heterocycles. The lowest BCUT2D eigenvalue weighted by molar-refractivity contribution is 0.395. The van der Waals surface area contributed by atoms with Crippen LogP contribution in [0.5, 0.6) is 0 Å². The van der Waals surface area contributed by atoms with Gasteiger partial charge in [-0.25, -0.2) is 0 Å². The number of fused-ring (bicyclic) bond motifs is 3. The Labute approximate surface area is 138 Å². The van der Waals surface area contributed by atoms with Gasteiger partial charge in [-0.1, -0.05) is 6.92 Å². The fraction of sp³-hybridized carbons (Fsp3) is 0.500. The number of hydrogen-bond donors (Lipinski definition) is 0. The highest BCUT2D eigenvalue weighted by Gasteiger charge is 2.33. The molecule has 0 bridgehead atoms. The number of rotatable bonds is 1. The molecule has 1 saturated heterocycles. The minimum Gasteiger partial charge on any atom is -0.367 e. The van der Waals surface area contributed by atoms with Crippen LogP contribution in [0.1, 0.15) is 55.5 Å². The third kappa shape index (κ3) is 2.52. The van der Waals surface area contributed by atoms with Crippen molar-refractivity contribution in [3.8, 4) is 11.1 Å². The highest BCUT2D eigenvalue weighted by Crippen LogP contribution is 2.42. The SMILES string of the molecule is Cc1cnc(C)c(-c2cnc3c(c2)N2CCCCC2CC3C)c1. The molecule has 4 heterocycles. The topological polar surface area (TPSA) is 29.0 Å². The fourth-order valence-corrected chi connectivity index (χ4v) is 4.23. The molecule has 2 aliphatic rings. The number of nitrogens with zero attached hydrogens (tertiary/aromatic N) is 3. The van der Waals surface area contributed by atoms with E-state index in [0.717, 1.165) is 5.69 Å². The molecular weight excluding hydrogens is 282 g/mol. The first-order chi connectivity index (χ1) is 11.1. The van der Waals surface area contributed by atoms with Crippen LogP contribution in [0.25, 0.3) is 11.1 Å². The summed E-state index contributed by atoms with van der Waals surface area (Å²) in [5.74, 6) is 0.565. The van der Waals surface area contributed by atoms with Crippen LogP contribution in [-0.2, 0) is 0 Å². The van der Waals surface area contributed by atoms with Crippen molar-refractivity contribution in [3.63, 3.8) is 0 Å². The first-order valence-corrected chi connectivity index (χ1v) is 8.83. The summed E-state index contributed by atoms with van der Waals surface area (Å²) in [6.45, 7) is 7.70. The standard InChI is InChI=1S/C20H25N3/c1-13-8-18(15(3)21-11-13)16-10-19-20(22-12-16)14(2)9-17-6-4-5-7-23(17)19/h8,10-12,14,17H,4-7,9H2,1-3H3. The largest absolute Gasteiger partial charge is 0.367 e. The van der Waals surface area contributed by atoms with Crippen molar-refractivity contribution in [3.05, 3.63) is 41.5 Å². The van der Waals surface area contributed by atoms with Gasteiger partial charge < -0.3 is 4.90 Å². The molecule has 0 N–H and O–H groups in total. The molecule has 0 aliphatic carbocycles. The second kappa shape index (κ2) is 5.63. The average molecular weight is 307 g/mol. The smallest absolute Gasteiger partial charge is 0.0666 e. The molecule has 3 heteroatoms. The molecule has 2 unspecified atom stereocenters. The Morgan fingerprint density at radius 1 is 1.09 bits per heavy atom. The number of aromatic nitrogens is 2. The van der Waals surface area contributed by atoms with Gasteiger partial charge in [0, 0.05) is 47.7 Å². The number of pyridine rings is 2. The van der Waals surface area contributed by atoms with E-state index in [4.69, 9.17) is 4.98 Å². The third-order valence-corrected chi connectivity index (χ3v) is 5.46. The van der Waals surface area contributed by atoms with Crippen LogP contribution in [-0.4, -0.2) is 22.6 Å². The zero-order valence-corrected chi connectivity index (χ0v) is 14.3. The first kappa shape index (κ1) is 14.7. The molecule has 2 aromatic rings. The Kier molecular flexibility index (Phi) is 3.59. The number of anilines is 1. The van der Waals surface area contributed by atoms with E-state index in [2.05, 4.69) is 42.8 Å². The Morgan fingerprint density at radius 3 is 2.83 bits per heavy atom. The van der Waals surface area contributed by atoms with E-state index in [0.29, 0.717) is 12.0 Å². The molecule has 0 saturated carbocycles. The Hall–Kier alpha value is -1.90. The van der Waals surface area contributed by atoms with E-state index in [1.54, 1.807) is 0 Å². The van der Waals surface area contributed by atoms with E-state index in [9.17, 15) is 0 Å². The van der Waals surface area contributed by atoms with Gasteiger partial charge in [0.25, 0.3) is 0 Å². The molecule has 1 fully saturated rings. The van der Waals surface area contributed by atoms with Gasteiger partial charge in [-0.3, -0.25) is 9.97 Å². The van der Waals surface area contributed by atoms with E-state index >= 15 is 0 Å². The van der Waals surface area contributed by atoms with Gasteiger partial charge in [0.2, 0.25) is 0 Å². The van der Waals surface area contributed by atoms with Gasteiger partial charge in [0.15, 0.2) is 0 Å². The van der Waals surface area contributed by atoms with Crippen molar-refractivity contribution in [1.29, 1.82) is 0 Å². The summed E-state index contributed by atoms with van der Waals surface area (Å²) in [5, 5.41) is 0. The molecule has 23 heavy (non-hydrogen) atoms. The van der Waals surface area contributed by atoms with Crippen LogP contribution in [0.15, 0.2) is 24.5 Å². The van der Waals surface area contributed by atoms with Crippen LogP contribution in [0.3, 0.4) is 0 Å². The zero-order chi connectivity index (χ0) is 16.0. The molecule has 0 spiro atoms. The van der Waals surface area contributed by atoms with E-state index in [1.165, 1.54) is 60.3 Å². The van der Waals surface area contributed by atoms with Gasteiger partial charge in [-0.15, -0.1) is 0 Å². The maximum Gasteiger partial charge on any atom is 0.0666 e. The van der Waals surface area contributed by atoms with Crippen LogP contribution < -0.4 is 4.90 Å². The summed E-state index contributed by atoms with van der Waals surface area (Å²) < 4.78 is 0. The van der Waals surface area contributed by atoms with Crippen molar-refractivity contribution in [2.45, 2.75) is 58.4 Å². The van der Waals surface area contributed by atoms with E-state index < -0.39 is 0 Å². The van der Waals surface area contributed by atoms with Gasteiger partial charge in [0.05, 0.1) is 11.4 Å². The quantitative estimate of drug-likeness (QED) is 0.769. The molecule has 0 radical (unpaired) electrons. The maximum absolute atomic E-state index is 4.87. The lowest BCUT2D eigenvalue weighted by Gasteiger charge is -2.44. The highest BCUT2D eigenvalue weighted by molar-refractivity contribution is 5.71. The second-order valence-corrected chi connectivity index (χ2v) is 7.25. The van der Waals surface area contributed by atoms with Crippen molar-refractivity contribution >= 4 is 5.69 Å². The van der Waals surface area contributed by atoms with Crippen LogP contribution in [0, 0.1) is 13.8 Å². The van der Waals surface area contributed by atoms with Crippen molar-refractivity contribution < 1.29 is 0 Å². The predicted molar refractivity (Wildman–Crippen MR) is 95.0 cm³/mol. The van der Waals surface area contributed by atoms with Gasteiger partial charge in [-0.05, 0) is 57.2 Å². The molecule has 0 aromatic carbocycles. The number of piperidine rings is 1. The van der Waals surface area contributed by atoms with Crippen LogP contribution in [0.4, 0.5) is 5.69 Å². The molecule has 3 nitrogen and oxygen atoms in total. The summed E-state index contributed by atoms with van der Waals surface area (Å²) in [6.07, 6.45) is 9.25. The molecule has 120 valence electrons. The summed E-state index contributed by atoms with van der Waals surface area (Å²) in [7, 11) is 0. The minimum atomic E-state index is 0.565. The van der Waals surface area contributed by atoms with Gasteiger partial charge in [0.1, 0.15) is 0 Å². The molecule has 0 amide bonds. The minimum absolute atomic E-state index is 0.565. The lowest BCUT2D eigenvalue weighted by Crippen LogP contribution is -2.43. The van der Waals surface area contributed by atoms with E-state index in [1.807, 2.05) is 12.4 Å². The molecular formula is C20H25N3. The summed E-state index contributed by atoms with van der Waals surface area (Å²) >= 11 is 0. The molecule has 4 rings (SSSR count). The van der Waals surface area contributed by atoms with Crippen LogP contribution >= 0.6 is 0 Å². The number of aryl methyl sites for hydroxylation is 2. The van der Waals surface area contributed by atoms with Crippen molar-refractivity contribution in [1.82, 2.24) is 9.97 Å². The molecule has 2 atom stereocenters. The fourth-order valence-electron chi connectivity index (χ4n) is 4.23. The summed E-state index contributed by atoms with van der Waals surface area (Å²) in [5.41, 5.74) is 7.35. The Balaban J connectivity index is 1.82. The predicted octanol–water partition coefficient (Wildman–Crippen LogP) is 4.63. The van der Waals surface area contributed by atoms with Gasteiger partial charge in [-0.2, -0.15) is 0 Å². The average Bonchev–Trinajstić information content (AvgIpc) is 2.57. The number of hydrogen-bond acceptors (Lipinski definition) is 3. The van der Waals surface area contributed by atoms with Crippen molar-refractivity contribution in [2.24, 2.45) is 0 Å². The maximum atomic E-state index is 4.87. The second-order valence-electron chi connectivity index (χ2n) is 7.25. The van der Waals surface area contributed by atoms with Gasteiger partial charge >= 0.3 is 0 Å². The summed E-state index contributed by atoms with van der Waals surface area (Å²) in [4.78, 5) is 12.0. The first-order valence-electron chi connectivity index (χ1n) is 8.83.